The highest BCUT2D eigenvalue weighted by Crippen LogP contribution is 2.34. The van der Waals surface area contributed by atoms with Crippen LogP contribution in [0, 0.1) is 5.41 Å². The summed E-state index contributed by atoms with van der Waals surface area (Å²) < 4.78 is 0. The first kappa shape index (κ1) is 17.3. The van der Waals surface area contributed by atoms with Gasteiger partial charge in [0.15, 0.2) is 0 Å². The fourth-order valence-corrected chi connectivity index (χ4v) is 4.74. The molecular formula is C21H34N4. The zero-order valence-corrected chi connectivity index (χ0v) is 16.1. The van der Waals surface area contributed by atoms with E-state index >= 15 is 0 Å². The predicted octanol–water partition coefficient (Wildman–Crippen LogP) is 2.50. The molecule has 1 aromatic rings. The molecule has 0 aliphatic carbocycles. The van der Waals surface area contributed by atoms with E-state index in [0.29, 0.717) is 5.41 Å². The van der Waals surface area contributed by atoms with Gasteiger partial charge in [0.05, 0.1) is 0 Å². The highest BCUT2D eigenvalue weighted by molar-refractivity contribution is 5.61. The predicted molar refractivity (Wildman–Crippen MR) is 105 cm³/mol. The summed E-state index contributed by atoms with van der Waals surface area (Å²) in [7, 11) is 2.24. The Labute approximate surface area is 153 Å². The van der Waals surface area contributed by atoms with Crippen molar-refractivity contribution in [2.24, 2.45) is 5.41 Å². The second-order valence-corrected chi connectivity index (χ2v) is 8.79. The first-order valence-corrected chi connectivity index (χ1v) is 10.1. The summed E-state index contributed by atoms with van der Waals surface area (Å²) >= 11 is 0. The zero-order valence-electron chi connectivity index (χ0n) is 16.1. The van der Waals surface area contributed by atoms with Crippen LogP contribution in [0.25, 0.3) is 0 Å². The van der Waals surface area contributed by atoms with Crippen LogP contribution in [0.4, 0.5) is 5.69 Å². The van der Waals surface area contributed by atoms with E-state index in [9.17, 15) is 0 Å². The summed E-state index contributed by atoms with van der Waals surface area (Å²) in [6.07, 6.45) is 3.86. The molecule has 0 saturated carbocycles. The van der Waals surface area contributed by atoms with Crippen LogP contribution in [-0.4, -0.2) is 74.1 Å². The number of benzene rings is 1. The molecule has 4 nitrogen and oxygen atoms in total. The van der Waals surface area contributed by atoms with Crippen LogP contribution in [0.1, 0.15) is 30.9 Å². The van der Waals surface area contributed by atoms with Crippen LogP contribution in [-0.2, 0) is 13.0 Å². The molecule has 3 heterocycles. The number of piperazine rings is 1. The van der Waals surface area contributed by atoms with E-state index in [4.69, 9.17) is 0 Å². The molecule has 0 spiro atoms. The smallest absolute Gasteiger partial charge is 0.0419 e. The Balaban J connectivity index is 1.30. The molecule has 2 saturated heterocycles. The summed E-state index contributed by atoms with van der Waals surface area (Å²) in [6, 6.07) is 6.83. The zero-order chi connectivity index (χ0) is 17.3. The highest BCUT2D eigenvalue weighted by Gasteiger charge is 2.32. The second-order valence-electron chi connectivity index (χ2n) is 8.79. The van der Waals surface area contributed by atoms with E-state index in [1.54, 1.807) is 0 Å². The minimum Gasteiger partial charge on any atom is -0.384 e. The molecule has 3 aliphatic heterocycles. The number of likely N-dealkylation sites (tertiary alicyclic amines) is 1. The molecule has 3 aliphatic rings. The van der Waals surface area contributed by atoms with Gasteiger partial charge in [0.1, 0.15) is 0 Å². The van der Waals surface area contributed by atoms with Crippen LogP contribution >= 0.6 is 0 Å². The van der Waals surface area contributed by atoms with Crippen molar-refractivity contribution in [3.8, 4) is 0 Å². The van der Waals surface area contributed by atoms with Crippen molar-refractivity contribution in [2.75, 3.05) is 64.7 Å². The van der Waals surface area contributed by atoms with Gasteiger partial charge in [0.2, 0.25) is 0 Å². The summed E-state index contributed by atoms with van der Waals surface area (Å²) in [5, 5.41) is 3.59. The molecular weight excluding hydrogens is 308 g/mol. The van der Waals surface area contributed by atoms with E-state index in [2.05, 4.69) is 52.2 Å². The molecule has 0 atom stereocenters. The topological polar surface area (TPSA) is 21.8 Å². The SMILES string of the molecule is CN1CCN(CC2(C)CCN(Cc3cccc4c3NCC4)CC2)CC1. The third-order valence-electron chi connectivity index (χ3n) is 6.59. The van der Waals surface area contributed by atoms with Crippen molar-refractivity contribution in [2.45, 2.75) is 32.7 Å². The van der Waals surface area contributed by atoms with Crippen molar-refractivity contribution in [1.29, 1.82) is 0 Å². The first-order valence-electron chi connectivity index (χ1n) is 10.1. The average molecular weight is 343 g/mol. The van der Waals surface area contributed by atoms with Crippen molar-refractivity contribution in [3.63, 3.8) is 0 Å². The van der Waals surface area contributed by atoms with Crippen LogP contribution < -0.4 is 5.32 Å². The lowest BCUT2D eigenvalue weighted by atomic mass is 9.79. The van der Waals surface area contributed by atoms with Crippen molar-refractivity contribution < 1.29 is 0 Å². The van der Waals surface area contributed by atoms with Gasteiger partial charge in [0, 0.05) is 51.5 Å². The van der Waals surface area contributed by atoms with Crippen molar-refractivity contribution in [1.82, 2.24) is 14.7 Å². The van der Waals surface area contributed by atoms with E-state index < -0.39 is 0 Å². The molecule has 138 valence electrons. The number of hydrogen-bond donors (Lipinski definition) is 1. The Morgan fingerprint density at radius 3 is 2.52 bits per heavy atom. The number of hydrogen-bond acceptors (Lipinski definition) is 4. The summed E-state index contributed by atoms with van der Waals surface area (Å²) in [6.45, 7) is 13.5. The van der Waals surface area contributed by atoms with Crippen LogP contribution in [0.5, 0.6) is 0 Å². The summed E-state index contributed by atoms with van der Waals surface area (Å²) in [5.74, 6) is 0. The van der Waals surface area contributed by atoms with Crippen molar-refractivity contribution in [3.05, 3.63) is 29.3 Å². The third kappa shape index (κ3) is 4.02. The standard InChI is InChI=1S/C21H34N4/c1-21(17-25-14-12-23(2)13-15-25)7-10-24(11-8-21)16-19-5-3-4-18-6-9-22-20(18)19/h3-5,22H,6-17H2,1-2H3. The van der Waals surface area contributed by atoms with E-state index in [1.165, 1.54) is 81.9 Å². The molecule has 1 aromatic carbocycles. The maximum Gasteiger partial charge on any atom is 0.0419 e. The Bertz CT molecular complexity index is 584. The Morgan fingerprint density at radius 2 is 1.76 bits per heavy atom. The molecule has 0 bridgehead atoms. The Morgan fingerprint density at radius 1 is 1.00 bits per heavy atom. The number of nitrogens with one attached hydrogen (secondary N) is 1. The van der Waals surface area contributed by atoms with Crippen molar-refractivity contribution >= 4 is 5.69 Å². The Kier molecular flexibility index (Phi) is 5.03. The monoisotopic (exact) mass is 342 g/mol. The number of fused-ring (bicyclic) bond motifs is 1. The van der Waals surface area contributed by atoms with Crippen LogP contribution in [0.2, 0.25) is 0 Å². The maximum absolute atomic E-state index is 3.59. The lowest BCUT2D eigenvalue weighted by molar-refractivity contribution is 0.0519. The fraction of sp³-hybridized carbons (Fsp3) is 0.714. The van der Waals surface area contributed by atoms with Gasteiger partial charge in [-0.1, -0.05) is 25.1 Å². The normalized spacial score (nSPS) is 24.9. The first-order chi connectivity index (χ1) is 12.1. The average Bonchev–Trinajstić information content (AvgIpc) is 3.09. The number of para-hydroxylation sites is 1. The minimum atomic E-state index is 0.503. The lowest BCUT2D eigenvalue weighted by Gasteiger charge is -2.44. The van der Waals surface area contributed by atoms with Gasteiger partial charge in [-0.25, -0.2) is 0 Å². The number of rotatable bonds is 4. The van der Waals surface area contributed by atoms with Crippen LogP contribution in [0.3, 0.4) is 0 Å². The minimum absolute atomic E-state index is 0.503. The molecule has 2 fully saturated rings. The molecule has 0 aromatic heterocycles. The number of likely N-dealkylation sites (N-methyl/N-ethyl adjacent to an activating group) is 1. The molecule has 25 heavy (non-hydrogen) atoms. The molecule has 4 rings (SSSR count). The number of piperidine rings is 1. The van der Waals surface area contributed by atoms with Gasteiger partial charge in [-0.2, -0.15) is 0 Å². The van der Waals surface area contributed by atoms with E-state index in [-0.39, 0.29) is 0 Å². The fourth-order valence-electron chi connectivity index (χ4n) is 4.74. The van der Waals surface area contributed by atoms with E-state index in [0.717, 1.165) is 13.1 Å². The molecule has 0 unspecified atom stereocenters. The van der Waals surface area contributed by atoms with E-state index in [1.807, 2.05) is 0 Å². The highest BCUT2D eigenvalue weighted by atomic mass is 15.2. The summed E-state index contributed by atoms with van der Waals surface area (Å²) in [4.78, 5) is 7.82. The third-order valence-corrected chi connectivity index (χ3v) is 6.59. The van der Waals surface area contributed by atoms with Gasteiger partial charge < -0.3 is 15.1 Å². The second kappa shape index (κ2) is 7.26. The van der Waals surface area contributed by atoms with Gasteiger partial charge in [-0.15, -0.1) is 0 Å². The maximum atomic E-state index is 3.59. The molecule has 1 N–H and O–H groups in total. The van der Waals surface area contributed by atoms with Crippen LogP contribution in [0.15, 0.2) is 18.2 Å². The number of anilines is 1. The number of nitrogens with zero attached hydrogens (tertiary/aromatic N) is 3. The largest absolute Gasteiger partial charge is 0.384 e. The molecule has 0 radical (unpaired) electrons. The van der Waals surface area contributed by atoms with Gasteiger partial charge in [-0.3, -0.25) is 4.90 Å². The molecule has 4 heteroatoms. The van der Waals surface area contributed by atoms with Gasteiger partial charge in [-0.05, 0) is 55.9 Å². The van der Waals surface area contributed by atoms with Gasteiger partial charge >= 0.3 is 0 Å². The molecule has 0 amide bonds. The quantitative estimate of drug-likeness (QED) is 0.907. The Hall–Kier alpha value is -1.10. The van der Waals surface area contributed by atoms with Gasteiger partial charge in [0.25, 0.3) is 0 Å². The lowest BCUT2D eigenvalue weighted by Crippen LogP contribution is -2.50. The summed E-state index contributed by atoms with van der Waals surface area (Å²) in [5.41, 5.74) is 4.93.